The van der Waals surface area contributed by atoms with Crippen molar-refractivity contribution in [1.29, 1.82) is 0 Å². The maximum atomic E-state index is 6.03. The highest BCUT2D eigenvalue weighted by molar-refractivity contribution is 9.11. The van der Waals surface area contributed by atoms with Crippen molar-refractivity contribution in [1.82, 2.24) is 9.55 Å². The largest absolute Gasteiger partial charge is 0.495 e. The fraction of sp³-hybridized carbons (Fsp3) is 0.0714. The summed E-state index contributed by atoms with van der Waals surface area (Å²) in [7, 11) is 1.63. The van der Waals surface area contributed by atoms with E-state index in [9.17, 15) is 0 Å². The lowest BCUT2D eigenvalue weighted by atomic mass is 10.2. The van der Waals surface area contributed by atoms with Crippen LogP contribution in [0.4, 0.5) is 0 Å². The molecule has 0 amide bonds. The predicted molar refractivity (Wildman–Crippen MR) is 95.4 cm³/mol. The molecular weight excluding hydrogens is 439 g/mol. The molecule has 108 valence electrons. The van der Waals surface area contributed by atoms with Crippen molar-refractivity contribution in [3.05, 3.63) is 49.1 Å². The average Bonchev–Trinajstić information content (AvgIpc) is 2.74. The van der Waals surface area contributed by atoms with Crippen molar-refractivity contribution in [2.45, 2.75) is 0 Å². The van der Waals surface area contributed by atoms with Gasteiger partial charge in [-0.3, -0.25) is 4.57 Å². The molecule has 0 aliphatic carbocycles. The Balaban J connectivity index is 2.35. The van der Waals surface area contributed by atoms with Crippen LogP contribution < -0.4 is 4.74 Å². The Hall–Kier alpha value is -0.820. The van der Waals surface area contributed by atoms with Gasteiger partial charge < -0.3 is 9.72 Å². The number of fused-ring (bicyclic) bond motifs is 1. The zero-order valence-electron chi connectivity index (χ0n) is 10.8. The number of hydrogen-bond acceptors (Lipinski definition) is 2. The Labute approximate surface area is 148 Å². The Morgan fingerprint density at radius 1 is 1.19 bits per heavy atom. The highest BCUT2D eigenvalue weighted by Gasteiger charge is 2.13. The Bertz CT molecular complexity index is 904. The van der Waals surface area contributed by atoms with E-state index in [0.717, 1.165) is 31.4 Å². The van der Waals surface area contributed by atoms with Crippen LogP contribution in [0.5, 0.6) is 5.75 Å². The molecule has 0 aliphatic rings. The highest BCUT2D eigenvalue weighted by atomic mass is 79.9. The molecule has 3 aromatic rings. The van der Waals surface area contributed by atoms with Crippen LogP contribution in [0.25, 0.3) is 16.7 Å². The number of methoxy groups -OCH3 is 1. The van der Waals surface area contributed by atoms with E-state index >= 15 is 0 Å². The highest BCUT2D eigenvalue weighted by Crippen LogP contribution is 2.35. The van der Waals surface area contributed by atoms with Gasteiger partial charge in [-0.15, -0.1) is 0 Å². The van der Waals surface area contributed by atoms with Gasteiger partial charge >= 0.3 is 0 Å². The van der Waals surface area contributed by atoms with Crippen LogP contribution in [0.1, 0.15) is 0 Å². The first-order valence-electron chi connectivity index (χ1n) is 5.95. The molecule has 1 aromatic heterocycles. The van der Waals surface area contributed by atoms with Gasteiger partial charge in [0.1, 0.15) is 5.75 Å². The molecule has 1 heterocycles. The molecule has 0 radical (unpaired) electrons. The maximum Gasteiger partial charge on any atom is 0.182 e. The molecule has 2 aromatic carbocycles. The Morgan fingerprint density at radius 3 is 2.67 bits per heavy atom. The van der Waals surface area contributed by atoms with Crippen LogP contribution in [0.2, 0.25) is 5.02 Å². The minimum absolute atomic E-state index is 0.595. The number of nitrogens with zero attached hydrogens (tertiary/aromatic N) is 1. The van der Waals surface area contributed by atoms with E-state index in [1.165, 1.54) is 0 Å². The molecule has 1 N–H and O–H groups in total. The summed E-state index contributed by atoms with van der Waals surface area (Å²) in [5, 5.41) is 0.665. The van der Waals surface area contributed by atoms with Crippen molar-refractivity contribution >= 4 is 66.7 Å². The number of hydrogen-bond donors (Lipinski definition) is 1. The number of benzene rings is 2. The third-order valence-electron chi connectivity index (χ3n) is 3.11. The third-order valence-corrected chi connectivity index (χ3v) is 4.88. The van der Waals surface area contributed by atoms with Crippen LogP contribution in [0.3, 0.4) is 0 Å². The van der Waals surface area contributed by atoms with Crippen LogP contribution in [-0.2, 0) is 0 Å². The van der Waals surface area contributed by atoms with Crippen molar-refractivity contribution in [3.8, 4) is 11.4 Å². The summed E-state index contributed by atoms with van der Waals surface area (Å²) in [6.07, 6.45) is 0. The smallest absolute Gasteiger partial charge is 0.182 e. The lowest BCUT2D eigenvalue weighted by Crippen LogP contribution is -1.97. The molecule has 0 unspecified atom stereocenters. The number of rotatable bonds is 2. The first-order chi connectivity index (χ1) is 10.0. The van der Waals surface area contributed by atoms with Gasteiger partial charge in [-0.05, 0) is 68.3 Å². The average molecular weight is 449 g/mol. The second-order valence-electron chi connectivity index (χ2n) is 4.37. The molecule has 21 heavy (non-hydrogen) atoms. The quantitative estimate of drug-likeness (QED) is 0.497. The first-order valence-corrected chi connectivity index (χ1v) is 8.32. The molecule has 3 rings (SSSR count). The number of halogens is 3. The fourth-order valence-corrected chi connectivity index (χ4v) is 3.98. The SMILES string of the molecule is COc1cc(-n2c(=S)[nH]c3cc(Cl)ccc32)c(Br)cc1Br. The minimum Gasteiger partial charge on any atom is -0.495 e. The van der Waals surface area contributed by atoms with Crippen LogP contribution in [0, 0.1) is 4.77 Å². The summed E-state index contributed by atoms with van der Waals surface area (Å²) < 4.78 is 9.68. The van der Waals surface area contributed by atoms with Gasteiger partial charge in [0.15, 0.2) is 4.77 Å². The lowest BCUT2D eigenvalue weighted by molar-refractivity contribution is 0.412. The number of imidazole rings is 1. The number of aromatic amines is 1. The standard InChI is InChI=1S/C14H9Br2ClN2OS/c1-20-13-6-12(8(15)5-9(13)16)19-11-3-2-7(17)4-10(11)18-14(19)21/h2-6H,1H3,(H,18,21). The fourth-order valence-electron chi connectivity index (χ4n) is 2.17. The molecule has 7 heteroatoms. The Morgan fingerprint density at radius 2 is 1.95 bits per heavy atom. The van der Waals surface area contributed by atoms with E-state index in [-0.39, 0.29) is 0 Å². The number of nitrogens with one attached hydrogen (secondary N) is 1. The third kappa shape index (κ3) is 2.65. The van der Waals surface area contributed by atoms with Gasteiger partial charge in [-0.1, -0.05) is 11.6 Å². The summed E-state index contributed by atoms with van der Waals surface area (Å²) in [5.41, 5.74) is 2.74. The molecule has 0 atom stereocenters. The zero-order valence-corrected chi connectivity index (χ0v) is 15.5. The van der Waals surface area contributed by atoms with Gasteiger partial charge in [-0.2, -0.15) is 0 Å². The maximum absolute atomic E-state index is 6.03. The van der Waals surface area contributed by atoms with E-state index in [0.29, 0.717) is 9.79 Å². The van der Waals surface area contributed by atoms with Crippen LogP contribution in [-0.4, -0.2) is 16.7 Å². The van der Waals surface area contributed by atoms with E-state index < -0.39 is 0 Å². The summed E-state index contributed by atoms with van der Waals surface area (Å²) in [4.78, 5) is 3.17. The van der Waals surface area contributed by atoms with Gasteiger partial charge in [-0.25, -0.2) is 0 Å². The number of aromatic nitrogens is 2. The molecule has 0 fully saturated rings. The van der Waals surface area contributed by atoms with E-state index in [2.05, 4.69) is 36.8 Å². The topological polar surface area (TPSA) is 29.9 Å². The molecule has 0 aliphatic heterocycles. The van der Waals surface area contributed by atoms with Gasteiger partial charge in [0.05, 0.1) is 28.3 Å². The summed E-state index contributed by atoms with van der Waals surface area (Å²) in [6, 6.07) is 9.49. The second-order valence-corrected chi connectivity index (χ2v) is 6.90. The van der Waals surface area contributed by atoms with Gasteiger partial charge in [0, 0.05) is 15.6 Å². The lowest BCUT2D eigenvalue weighted by Gasteiger charge is -2.11. The molecule has 3 nitrogen and oxygen atoms in total. The van der Waals surface area contributed by atoms with Crippen molar-refractivity contribution in [3.63, 3.8) is 0 Å². The van der Waals surface area contributed by atoms with E-state index in [4.69, 9.17) is 28.6 Å². The number of H-pyrrole nitrogens is 1. The second kappa shape index (κ2) is 5.76. The molecular formula is C14H9Br2ClN2OS. The number of ether oxygens (including phenoxy) is 1. The van der Waals surface area contributed by atoms with Gasteiger partial charge in [0.25, 0.3) is 0 Å². The van der Waals surface area contributed by atoms with E-state index in [1.807, 2.05) is 34.9 Å². The van der Waals surface area contributed by atoms with Crippen molar-refractivity contribution in [2.24, 2.45) is 0 Å². The minimum atomic E-state index is 0.595. The molecule has 0 spiro atoms. The monoisotopic (exact) mass is 446 g/mol. The van der Waals surface area contributed by atoms with Crippen LogP contribution >= 0.6 is 55.7 Å². The van der Waals surface area contributed by atoms with Crippen LogP contribution in [0.15, 0.2) is 39.3 Å². The predicted octanol–water partition coefficient (Wildman–Crippen LogP) is 5.88. The first kappa shape index (κ1) is 15.1. The normalized spacial score (nSPS) is 11.0. The summed E-state index contributed by atoms with van der Waals surface area (Å²) in [5.74, 6) is 0.735. The van der Waals surface area contributed by atoms with Gasteiger partial charge in [0.2, 0.25) is 0 Å². The molecule has 0 saturated heterocycles. The van der Waals surface area contributed by atoms with Crippen molar-refractivity contribution in [2.75, 3.05) is 7.11 Å². The summed E-state index contributed by atoms with van der Waals surface area (Å²) in [6.45, 7) is 0. The zero-order chi connectivity index (χ0) is 15.1. The Kier molecular flexibility index (Phi) is 4.14. The molecule has 0 bridgehead atoms. The van der Waals surface area contributed by atoms with Crippen molar-refractivity contribution < 1.29 is 4.74 Å². The summed E-state index contributed by atoms with van der Waals surface area (Å²) >= 11 is 18.5. The molecule has 0 saturated carbocycles. The van der Waals surface area contributed by atoms with E-state index in [1.54, 1.807) is 7.11 Å².